The SMILES string of the molecule is Cc1cc(C)c2[nH+]c(C)cc(Nc3ccc(Cl)c(Cl)c3)c2c1. The molecule has 0 saturated heterocycles. The van der Waals surface area contributed by atoms with Crippen LogP contribution in [0.2, 0.25) is 10.0 Å². The summed E-state index contributed by atoms with van der Waals surface area (Å²) in [6.45, 7) is 6.28. The van der Waals surface area contributed by atoms with Crippen LogP contribution >= 0.6 is 23.2 Å². The molecule has 0 fully saturated rings. The Bertz CT molecular complexity index is 873. The highest BCUT2D eigenvalue weighted by Gasteiger charge is 2.13. The average Bonchev–Trinajstić information content (AvgIpc) is 2.44. The lowest BCUT2D eigenvalue weighted by Crippen LogP contribution is -2.11. The van der Waals surface area contributed by atoms with Crippen molar-refractivity contribution in [3.8, 4) is 0 Å². The number of hydrogen-bond donors (Lipinski definition) is 1. The minimum atomic E-state index is 0.544. The van der Waals surface area contributed by atoms with Crippen LogP contribution < -0.4 is 10.3 Å². The molecule has 2 nitrogen and oxygen atoms in total. The van der Waals surface area contributed by atoms with Gasteiger partial charge in [-0.15, -0.1) is 0 Å². The summed E-state index contributed by atoms with van der Waals surface area (Å²) in [5.41, 5.74) is 6.68. The Labute approximate surface area is 140 Å². The standard InChI is InChI=1S/C18H16Cl2N2/c1-10-6-11(2)18-14(7-10)17(8-12(3)21-18)22-13-4-5-15(19)16(20)9-13/h4-9H,1-3H3,(H,21,22)/p+1. The molecule has 0 spiro atoms. The third-order valence-corrected chi connectivity index (χ3v) is 4.39. The van der Waals surface area contributed by atoms with E-state index in [2.05, 4.69) is 49.3 Å². The first-order valence-electron chi connectivity index (χ1n) is 7.10. The van der Waals surface area contributed by atoms with Crippen molar-refractivity contribution in [1.29, 1.82) is 0 Å². The molecule has 1 heterocycles. The molecule has 0 atom stereocenters. The summed E-state index contributed by atoms with van der Waals surface area (Å²) in [5.74, 6) is 0. The van der Waals surface area contributed by atoms with E-state index in [1.807, 2.05) is 12.1 Å². The zero-order valence-corrected chi connectivity index (χ0v) is 14.2. The topological polar surface area (TPSA) is 26.2 Å². The second-order valence-corrected chi connectivity index (χ2v) is 6.44. The predicted octanol–water partition coefficient (Wildman–Crippen LogP) is 5.63. The normalized spacial score (nSPS) is 11.0. The van der Waals surface area contributed by atoms with Gasteiger partial charge in [-0.25, -0.2) is 4.98 Å². The van der Waals surface area contributed by atoms with Crippen LogP contribution in [0.1, 0.15) is 16.8 Å². The van der Waals surface area contributed by atoms with E-state index in [1.165, 1.54) is 11.1 Å². The molecular weight excluding hydrogens is 315 g/mol. The van der Waals surface area contributed by atoms with Crippen LogP contribution in [-0.2, 0) is 0 Å². The lowest BCUT2D eigenvalue weighted by molar-refractivity contribution is -0.354. The maximum absolute atomic E-state index is 6.10. The Balaban J connectivity index is 2.15. The summed E-state index contributed by atoms with van der Waals surface area (Å²) < 4.78 is 0. The molecule has 22 heavy (non-hydrogen) atoms. The minimum absolute atomic E-state index is 0.544. The largest absolute Gasteiger partial charge is 0.355 e. The van der Waals surface area contributed by atoms with Gasteiger partial charge in [0.1, 0.15) is 0 Å². The highest BCUT2D eigenvalue weighted by Crippen LogP contribution is 2.30. The van der Waals surface area contributed by atoms with E-state index in [0.717, 1.165) is 28.0 Å². The molecule has 1 aromatic heterocycles. The van der Waals surface area contributed by atoms with Crippen LogP contribution in [0, 0.1) is 20.8 Å². The van der Waals surface area contributed by atoms with Crippen LogP contribution in [0.4, 0.5) is 11.4 Å². The van der Waals surface area contributed by atoms with Crippen LogP contribution in [0.3, 0.4) is 0 Å². The second kappa shape index (κ2) is 5.79. The van der Waals surface area contributed by atoms with Gasteiger partial charge in [0.15, 0.2) is 5.69 Å². The number of anilines is 2. The van der Waals surface area contributed by atoms with Gasteiger partial charge in [-0.1, -0.05) is 23.2 Å². The number of fused-ring (bicyclic) bond motifs is 1. The molecule has 0 aliphatic carbocycles. The van der Waals surface area contributed by atoms with Crippen molar-refractivity contribution < 1.29 is 4.98 Å². The molecule has 0 saturated carbocycles. The zero-order chi connectivity index (χ0) is 15.9. The number of halogens is 2. The van der Waals surface area contributed by atoms with Crippen molar-refractivity contribution in [2.45, 2.75) is 20.8 Å². The Hall–Kier alpha value is -1.77. The second-order valence-electron chi connectivity index (χ2n) is 5.62. The highest BCUT2D eigenvalue weighted by atomic mass is 35.5. The number of nitrogens with one attached hydrogen (secondary N) is 2. The molecule has 0 aliphatic heterocycles. The molecule has 112 valence electrons. The lowest BCUT2D eigenvalue weighted by Gasteiger charge is -2.11. The molecular formula is C18H17Cl2N2+. The fraction of sp³-hybridized carbons (Fsp3) is 0.167. The number of benzene rings is 2. The van der Waals surface area contributed by atoms with Crippen LogP contribution in [0.15, 0.2) is 36.4 Å². The molecule has 0 unspecified atom stereocenters. The van der Waals surface area contributed by atoms with Gasteiger partial charge < -0.3 is 5.32 Å². The maximum Gasteiger partial charge on any atom is 0.216 e. The molecule has 2 aromatic carbocycles. The number of pyridine rings is 1. The summed E-state index contributed by atoms with van der Waals surface area (Å²) in [4.78, 5) is 3.44. The van der Waals surface area contributed by atoms with Gasteiger partial charge >= 0.3 is 0 Å². The first kappa shape index (κ1) is 15.1. The fourth-order valence-electron chi connectivity index (χ4n) is 2.71. The van der Waals surface area contributed by atoms with Gasteiger partial charge in [0.05, 0.1) is 21.1 Å². The Morgan fingerprint density at radius 1 is 0.909 bits per heavy atom. The number of hydrogen-bond acceptors (Lipinski definition) is 1. The third kappa shape index (κ3) is 2.90. The molecule has 3 rings (SSSR count). The molecule has 0 aliphatic rings. The first-order valence-corrected chi connectivity index (χ1v) is 7.85. The Morgan fingerprint density at radius 2 is 1.68 bits per heavy atom. The number of aromatic nitrogens is 1. The molecule has 4 heteroatoms. The number of aryl methyl sites for hydroxylation is 3. The number of rotatable bonds is 2. The highest BCUT2D eigenvalue weighted by molar-refractivity contribution is 6.42. The smallest absolute Gasteiger partial charge is 0.216 e. The quantitative estimate of drug-likeness (QED) is 0.647. The Morgan fingerprint density at radius 3 is 2.41 bits per heavy atom. The Kier molecular flexibility index (Phi) is 3.98. The predicted molar refractivity (Wildman–Crippen MR) is 94.5 cm³/mol. The van der Waals surface area contributed by atoms with E-state index in [1.54, 1.807) is 6.07 Å². The average molecular weight is 332 g/mol. The van der Waals surface area contributed by atoms with Gasteiger partial charge in [-0.3, -0.25) is 0 Å². The van der Waals surface area contributed by atoms with Crippen LogP contribution in [-0.4, -0.2) is 0 Å². The van der Waals surface area contributed by atoms with E-state index < -0.39 is 0 Å². The van der Waals surface area contributed by atoms with Gasteiger partial charge in [-0.05, 0) is 49.7 Å². The molecule has 0 radical (unpaired) electrons. The van der Waals surface area contributed by atoms with Gasteiger partial charge in [-0.2, -0.15) is 0 Å². The number of aromatic amines is 1. The van der Waals surface area contributed by atoms with Crippen molar-refractivity contribution in [1.82, 2.24) is 0 Å². The van der Waals surface area contributed by atoms with E-state index >= 15 is 0 Å². The van der Waals surface area contributed by atoms with Crippen LogP contribution in [0.25, 0.3) is 10.9 Å². The van der Waals surface area contributed by atoms with Crippen molar-refractivity contribution >= 4 is 45.5 Å². The first-order chi connectivity index (χ1) is 10.4. The monoisotopic (exact) mass is 331 g/mol. The maximum atomic E-state index is 6.10. The van der Waals surface area contributed by atoms with Crippen molar-refractivity contribution in [3.63, 3.8) is 0 Å². The van der Waals surface area contributed by atoms with Gasteiger partial charge in [0.2, 0.25) is 5.52 Å². The van der Waals surface area contributed by atoms with E-state index in [9.17, 15) is 0 Å². The van der Waals surface area contributed by atoms with Crippen molar-refractivity contribution in [2.75, 3.05) is 5.32 Å². The van der Waals surface area contributed by atoms with E-state index in [0.29, 0.717) is 10.0 Å². The summed E-state index contributed by atoms with van der Waals surface area (Å²) in [7, 11) is 0. The zero-order valence-electron chi connectivity index (χ0n) is 12.7. The number of H-pyrrole nitrogens is 1. The molecule has 0 bridgehead atoms. The summed E-state index contributed by atoms with van der Waals surface area (Å²) >= 11 is 12.1. The fourth-order valence-corrected chi connectivity index (χ4v) is 3.00. The third-order valence-electron chi connectivity index (χ3n) is 3.65. The molecule has 3 aromatic rings. The summed E-state index contributed by atoms with van der Waals surface area (Å²) in [6.07, 6.45) is 0. The van der Waals surface area contributed by atoms with Crippen LogP contribution in [0.5, 0.6) is 0 Å². The van der Waals surface area contributed by atoms with E-state index in [-0.39, 0.29) is 0 Å². The molecule has 0 amide bonds. The summed E-state index contributed by atoms with van der Waals surface area (Å²) in [6, 6.07) is 12.0. The molecule has 2 N–H and O–H groups in total. The van der Waals surface area contributed by atoms with Crippen molar-refractivity contribution in [3.05, 3.63) is 63.3 Å². The van der Waals surface area contributed by atoms with Gasteiger partial charge in [0.25, 0.3) is 0 Å². The lowest BCUT2D eigenvalue weighted by atomic mass is 10.0. The van der Waals surface area contributed by atoms with Crippen molar-refractivity contribution in [2.24, 2.45) is 0 Å². The van der Waals surface area contributed by atoms with E-state index in [4.69, 9.17) is 23.2 Å². The minimum Gasteiger partial charge on any atom is -0.355 e. The van der Waals surface area contributed by atoms with Gasteiger partial charge in [0, 0.05) is 24.2 Å². The summed E-state index contributed by atoms with van der Waals surface area (Å²) in [5, 5.41) is 5.71.